The number of phosphoric acid groups is 3. The lowest BCUT2D eigenvalue weighted by Gasteiger charge is -2.30. The second-order valence-corrected chi connectivity index (χ2v) is 27.5. The van der Waals surface area contributed by atoms with E-state index in [4.69, 9.17) is 39.0 Å². The Morgan fingerprint density at radius 3 is 2.21 bits per heavy atom. The summed E-state index contributed by atoms with van der Waals surface area (Å²) in [5.74, 6) is -2.57. The fourth-order valence-corrected chi connectivity index (χ4v) is 13.9. The molecule has 0 spiro atoms. The number of rotatable bonds is 26. The third kappa shape index (κ3) is 16.6. The largest absolute Gasteiger partial charge is 0.512 e. The summed E-state index contributed by atoms with van der Waals surface area (Å²) in [4.78, 5) is 120. The Kier molecular flexibility index (Phi) is 21.4. The van der Waals surface area contributed by atoms with E-state index in [9.17, 15) is 78.0 Å². The number of hydrogen-bond donors (Lipinski definition) is 14. The summed E-state index contributed by atoms with van der Waals surface area (Å²) in [7, 11) is -16.6. The third-order valence-electron chi connectivity index (χ3n) is 15.1. The van der Waals surface area contributed by atoms with Crippen molar-refractivity contribution in [2.24, 2.45) is 20.4 Å². The molecular weight excluding hydrogens is 1280 g/mol. The van der Waals surface area contributed by atoms with Crippen molar-refractivity contribution in [2.45, 2.75) is 111 Å². The van der Waals surface area contributed by atoms with Crippen molar-refractivity contribution >= 4 is 110 Å². The predicted octanol–water partition coefficient (Wildman–Crippen LogP) is 3.04. The lowest BCUT2D eigenvalue weighted by atomic mass is 9.87. The number of nitrogen functional groups attached to an aromatic ring is 1. The van der Waals surface area contributed by atoms with E-state index in [1.807, 2.05) is 33.8 Å². The number of nitrogens with two attached hydrogens (primary N) is 1. The minimum Gasteiger partial charge on any atom is -0.512 e. The summed E-state index contributed by atoms with van der Waals surface area (Å²) in [5.41, 5.74) is 12.4. The first kappa shape index (κ1) is 69.7. The van der Waals surface area contributed by atoms with E-state index < -0.39 is 90.5 Å². The molecule has 3 aromatic rings. The number of ether oxygens (including phenoxy) is 1. The van der Waals surface area contributed by atoms with Gasteiger partial charge in [0, 0.05) is 60.0 Å². The highest BCUT2D eigenvalue weighted by Crippen LogP contribution is 2.61. The number of carbonyl (C=O) groups is 4. The van der Waals surface area contributed by atoms with E-state index in [0.29, 0.717) is 83.9 Å². The second kappa shape index (κ2) is 28.0. The maximum atomic E-state index is 13.4. The molecule has 8 bridgehead atoms. The first-order valence-corrected chi connectivity index (χ1v) is 33.4. The molecule has 32 nitrogen and oxygen atoms in total. The average Bonchev–Trinajstić information content (AvgIpc) is 1.64. The van der Waals surface area contributed by atoms with E-state index in [0.717, 1.165) is 28.2 Å². The number of allylic oxidation sites excluding steroid dienone is 10. The molecule has 2 amide bonds. The normalized spacial score (nSPS) is 21.5. The lowest BCUT2D eigenvalue weighted by Crippen LogP contribution is -2.46. The van der Waals surface area contributed by atoms with E-state index in [2.05, 4.69) is 41.5 Å². The summed E-state index contributed by atoms with van der Waals surface area (Å²) >= 11 is 0.974. The maximum absolute atomic E-state index is 13.4. The van der Waals surface area contributed by atoms with Crippen molar-refractivity contribution in [1.82, 2.24) is 30.6 Å². The number of H-pyrrole nitrogens is 2. The van der Waals surface area contributed by atoms with Gasteiger partial charge >= 0.3 is 35.1 Å². The summed E-state index contributed by atoms with van der Waals surface area (Å²) in [6, 6.07) is 0. The predicted molar refractivity (Wildman–Crippen MR) is 329 cm³/mol. The Labute approximate surface area is 522 Å². The zero-order valence-electron chi connectivity index (χ0n) is 50.1. The number of fused-ring (bicyclic) bond motifs is 6. The number of nitrogens with zero attached hydrogens (tertiary/aromatic N) is 6. The van der Waals surface area contributed by atoms with Gasteiger partial charge in [-0.15, -0.1) is 0 Å². The number of aliphatic hydroxyl groups excluding tert-OH is 4. The quantitative estimate of drug-likeness (QED) is 0.0238. The van der Waals surface area contributed by atoms with Gasteiger partial charge in [0.15, 0.2) is 23.6 Å². The summed E-state index contributed by atoms with van der Waals surface area (Å²) in [6.45, 7) is 12.8. The fourth-order valence-electron chi connectivity index (χ4n) is 10.4. The standard InChI is InChI=1S/C55H68N11O21P3S/c1-25-31(9-11-43(70)71)37-20-38-32(26(2)34(63-38)18-39-46(30(6)68)28(4)36(65-39)19-40-45(29(5)67)27(3)35(64-40)17-33(25)62-37)10-12-44(72)91-16-15-57-42(69)13-14-58-53(75)50(74)55(7,8)22-84-90(81,82)87-89(79,80)83-21-41-49(86-88(76,77)78)48(73)54(85-41)66-24-61-47-51(56)59-23-60-52(47)66/h17-20,23-24,41,48-50,54,73-74H,5,9-16,21-22H2,1-4,6-8H3,(H12,56,57,58,59,60,62,63,64,65,67,68,69,70,71,75,76,77,78,79,80,81,82)/p+1. The van der Waals surface area contributed by atoms with Crippen molar-refractivity contribution in [2.75, 3.05) is 37.8 Å². The molecule has 490 valence electrons. The maximum Gasteiger partial charge on any atom is 0.481 e. The van der Waals surface area contributed by atoms with Gasteiger partial charge < -0.3 is 71.2 Å². The van der Waals surface area contributed by atoms with E-state index in [1.54, 1.807) is 25.2 Å². The van der Waals surface area contributed by atoms with Crippen molar-refractivity contribution in [3.8, 4) is 0 Å². The van der Waals surface area contributed by atoms with Gasteiger partial charge in [-0.1, -0.05) is 37.2 Å². The monoisotopic (exact) mass is 1340 g/mol. The Hall–Kier alpha value is -7.16. The number of aromatic amines is 2. The molecule has 91 heavy (non-hydrogen) atoms. The number of amides is 2. The van der Waals surface area contributed by atoms with Gasteiger partial charge in [0.25, 0.3) is 0 Å². The molecule has 1 saturated heterocycles. The van der Waals surface area contributed by atoms with Crippen LogP contribution in [0.1, 0.15) is 91.0 Å². The van der Waals surface area contributed by atoms with Crippen LogP contribution in [0.15, 0.2) is 103 Å². The molecule has 36 heteroatoms. The lowest BCUT2D eigenvalue weighted by molar-refractivity contribution is -0.745. The number of aromatic nitrogens is 5. The van der Waals surface area contributed by atoms with Gasteiger partial charge in [0.2, 0.25) is 23.6 Å². The minimum absolute atomic E-state index is 0.00597. The van der Waals surface area contributed by atoms with Crippen LogP contribution in [0, 0.1) is 12.3 Å². The number of carboxylic acids is 1. The van der Waals surface area contributed by atoms with Crippen LogP contribution in [0.25, 0.3) is 29.1 Å². The minimum atomic E-state index is -5.64. The number of aliphatic carboxylic acids is 1. The number of aliphatic imine (C=N–C) groups is 3. The van der Waals surface area contributed by atoms with Crippen LogP contribution >= 0.6 is 35.2 Å². The number of anilines is 1. The molecular formula is C55H69N11O21P3S+. The molecule has 3 aromatic heterocycles. The number of aliphatic hydroxyl groups is 4. The molecule has 0 aliphatic carbocycles. The van der Waals surface area contributed by atoms with Crippen LogP contribution in [-0.4, -0.2) is 162 Å². The summed E-state index contributed by atoms with van der Waals surface area (Å²) < 4.78 is 63.1. The molecule has 0 saturated carbocycles. The van der Waals surface area contributed by atoms with E-state index in [-0.39, 0.29) is 84.6 Å². The molecule has 7 unspecified atom stereocenters. The molecule has 8 rings (SSSR count). The van der Waals surface area contributed by atoms with Crippen LogP contribution in [-0.2, 0) is 55.5 Å². The molecule has 5 aliphatic heterocycles. The van der Waals surface area contributed by atoms with Gasteiger partial charge in [0.05, 0.1) is 58.5 Å². The van der Waals surface area contributed by atoms with Gasteiger partial charge in [-0.3, -0.25) is 37.7 Å². The van der Waals surface area contributed by atoms with Crippen molar-refractivity contribution in [1.29, 1.82) is 0 Å². The number of carbonyl (C=O) groups excluding carboxylic acids is 3. The topological polar surface area (TPSA) is 496 Å². The fraction of sp³-hybridized carbons (Fsp3) is 0.418. The molecule has 0 radical (unpaired) electrons. The highest BCUT2D eigenvalue weighted by molar-refractivity contribution is 8.13. The highest BCUT2D eigenvalue weighted by atomic mass is 32.2. The van der Waals surface area contributed by atoms with Gasteiger partial charge in [-0.25, -0.2) is 33.2 Å². The van der Waals surface area contributed by atoms with Crippen molar-refractivity contribution in [3.05, 3.63) is 109 Å². The molecule has 5 aliphatic rings. The number of carboxylic acid groups (broad SMARTS) is 1. The van der Waals surface area contributed by atoms with Gasteiger partial charge in [-0.2, -0.15) is 9.29 Å². The van der Waals surface area contributed by atoms with Crippen LogP contribution in [0.2, 0.25) is 0 Å². The highest BCUT2D eigenvalue weighted by Gasteiger charge is 2.52. The average molecular weight is 1350 g/mol. The van der Waals surface area contributed by atoms with Gasteiger partial charge in [-0.05, 0) is 105 Å². The van der Waals surface area contributed by atoms with Crippen LogP contribution in [0.3, 0.4) is 0 Å². The number of thioether (sulfide) groups is 1. The number of nitrogens with one attached hydrogen (secondary N) is 4. The van der Waals surface area contributed by atoms with Gasteiger partial charge in [0.1, 0.15) is 30.2 Å². The Morgan fingerprint density at radius 1 is 0.846 bits per heavy atom. The Balaban J connectivity index is 0.820. The van der Waals surface area contributed by atoms with E-state index in [1.165, 1.54) is 20.2 Å². The Bertz CT molecular complexity index is 4110. The summed E-state index contributed by atoms with van der Waals surface area (Å²) in [5, 5.41) is 59.2. The smallest absolute Gasteiger partial charge is 0.481 e. The van der Waals surface area contributed by atoms with Crippen molar-refractivity contribution < 1.29 is 105 Å². The van der Waals surface area contributed by atoms with Crippen LogP contribution in [0.5, 0.6) is 0 Å². The zero-order valence-corrected chi connectivity index (χ0v) is 53.6. The summed E-state index contributed by atoms with van der Waals surface area (Å²) in [6.07, 6.45) is 0.257. The third-order valence-corrected chi connectivity index (χ3v) is 19.1. The molecule has 1 fully saturated rings. The van der Waals surface area contributed by atoms with Crippen LogP contribution in [0.4, 0.5) is 5.82 Å². The Morgan fingerprint density at radius 2 is 1.53 bits per heavy atom. The molecule has 0 aromatic carbocycles. The molecule has 7 atom stereocenters. The zero-order chi connectivity index (χ0) is 66.8. The first-order chi connectivity index (χ1) is 42.5. The number of hydrogen-bond acceptors (Lipinski definition) is 23. The van der Waals surface area contributed by atoms with E-state index >= 15 is 0 Å². The SMILES string of the molecule is C=C(O)c1c(C)c2[nH]c1=CC1=C(C)/C(=C(\C)O)C(=N1)C=C1N=C(C=C3N=C(C=2)C(C)=C3CCC(=O)O)C(CCC(=O)SCCNC(=O)CCNC(=O)C(O)C(C)(C)COP(=O)(O)OP(=O)(O)OCC2OC([n+]3c[nH]c4c(N)ncnc43)C(O)C2OP(=O)(O)O)=C1C. The first-order valence-electron chi connectivity index (χ1n) is 27.9. The molecule has 8 heterocycles. The number of phosphoric ester groups is 3. The van der Waals surface area contributed by atoms with Crippen molar-refractivity contribution in [3.63, 3.8) is 0 Å². The number of imidazole rings is 1. The molecule has 15 N–H and O–H groups in total. The second-order valence-electron chi connectivity index (χ2n) is 22.2. The van der Waals surface area contributed by atoms with Crippen LogP contribution < -0.4 is 31.6 Å².